The molecule has 0 atom stereocenters. The van der Waals surface area contributed by atoms with Gasteiger partial charge in [-0.15, -0.1) is 0 Å². The van der Waals surface area contributed by atoms with Gasteiger partial charge in [0.25, 0.3) is 5.91 Å². The van der Waals surface area contributed by atoms with Gasteiger partial charge in [0, 0.05) is 43.0 Å². The van der Waals surface area contributed by atoms with Crippen molar-refractivity contribution in [1.82, 2.24) is 14.2 Å². The molecule has 5 rings (SSSR count). The molecule has 0 spiro atoms. The summed E-state index contributed by atoms with van der Waals surface area (Å²) >= 11 is 6.04. The maximum Gasteiger partial charge on any atom is 0.405 e. The predicted molar refractivity (Wildman–Crippen MR) is 165 cm³/mol. The van der Waals surface area contributed by atoms with E-state index in [-0.39, 0.29) is 47.9 Å². The van der Waals surface area contributed by atoms with Crippen LogP contribution < -0.4 is 5.06 Å². The smallest absolute Gasteiger partial charge is 0.405 e. The standard InChI is InChI=1S/C31H30ClN4O6S/c1-31(2,3)42-30(38)36(39)28-20-25(12-13-33-28)21-4-6-22(7-5-21)29(37)34-14-16-35(17-15-34)43(40,41)27-11-9-23-18-26(32)10-8-24(23)19-27/h4-13,18-20H,14-17H2,1-3H3/q-1. The van der Waals surface area contributed by atoms with Gasteiger partial charge in [-0.25, -0.2) is 18.2 Å². The van der Waals surface area contributed by atoms with Crippen LogP contribution in [-0.2, 0) is 14.8 Å². The molecule has 0 bridgehead atoms. The second-order valence-corrected chi connectivity index (χ2v) is 13.5. The third-order valence-electron chi connectivity index (χ3n) is 6.92. The fourth-order valence-electron chi connectivity index (χ4n) is 4.73. The predicted octanol–water partition coefficient (Wildman–Crippen LogP) is 5.94. The van der Waals surface area contributed by atoms with E-state index in [9.17, 15) is 23.2 Å². The molecule has 0 saturated carbocycles. The number of carbonyl (C=O) groups is 2. The van der Waals surface area contributed by atoms with E-state index >= 15 is 0 Å². The molecule has 0 N–H and O–H groups in total. The van der Waals surface area contributed by atoms with Crippen molar-refractivity contribution in [3.63, 3.8) is 0 Å². The van der Waals surface area contributed by atoms with Gasteiger partial charge >= 0.3 is 6.09 Å². The zero-order valence-corrected chi connectivity index (χ0v) is 25.4. The Kier molecular flexibility index (Phi) is 8.44. The maximum absolute atomic E-state index is 13.3. The number of ether oxygens (including phenoxy) is 1. The molecule has 1 aliphatic heterocycles. The first kappa shape index (κ1) is 30.4. The highest BCUT2D eigenvalue weighted by Gasteiger charge is 2.30. The maximum atomic E-state index is 13.3. The van der Waals surface area contributed by atoms with Gasteiger partial charge in [0.15, 0.2) is 0 Å². The fourth-order valence-corrected chi connectivity index (χ4v) is 6.37. The van der Waals surface area contributed by atoms with E-state index < -0.39 is 21.7 Å². The van der Waals surface area contributed by atoms with Gasteiger partial charge in [-0.3, -0.25) is 4.79 Å². The largest absolute Gasteiger partial charge is 0.748 e. The van der Waals surface area contributed by atoms with Gasteiger partial charge in [0.2, 0.25) is 10.0 Å². The average Bonchev–Trinajstić information content (AvgIpc) is 2.99. The summed E-state index contributed by atoms with van der Waals surface area (Å²) in [6.07, 6.45) is 0.355. The number of hydroxylamine groups is 1. The second-order valence-electron chi connectivity index (χ2n) is 11.1. The number of aromatic nitrogens is 1. The van der Waals surface area contributed by atoms with Crippen LogP contribution in [0.25, 0.3) is 21.9 Å². The molecular formula is C31H30ClN4O6S-. The van der Waals surface area contributed by atoms with Crippen LogP contribution in [0.5, 0.6) is 0 Å². The van der Waals surface area contributed by atoms with Gasteiger partial charge in [-0.2, -0.15) is 4.31 Å². The van der Waals surface area contributed by atoms with E-state index in [1.807, 2.05) is 0 Å². The van der Waals surface area contributed by atoms with Crippen molar-refractivity contribution in [1.29, 1.82) is 0 Å². The molecule has 2 amide bonds. The van der Waals surface area contributed by atoms with Crippen molar-refractivity contribution in [2.45, 2.75) is 31.3 Å². The van der Waals surface area contributed by atoms with Crippen molar-refractivity contribution in [3.8, 4) is 11.1 Å². The number of benzene rings is 3. The molecule has 1 fully saturated rings. The summed E-state index contributed by atoms with van der Waals surface area (Å²) in [6.45, 7) is 5.84. The number of amides is 2. The van der Waals surface area contributed by atoms with Crippen LogP contribution in [0.4, 0.5) is 10.6 Å². The molecule has 0 aliphatic carbocycles. The van der Waals surface area contributed by atoms with Crippen LogP contribution in [0.15, 0.2) is 83.9 Å². The van der Waals surface area contributed by atoms with Crippen molar-refractivity contribution < 1.29 is 22.7 Å². The summed E-state index contributed by atoms with van der Waals surface area (Å²) < 4.78 is 33.2. The number of rotatable bonds is 5. The van der Waals surface area contributed by atoms with Crippen molar-refractivity contribution >= 4 is 50.2 Å². The van der Waals surface area contributed by atoms with Gasteiger partial charge < -0.3 is 19.9 Å². The zero-order chi connectivity index (χ0) is 30.9. The van der Waals surface area contributed by atoms with Gasteiger partial charge in [-0.1, -0.05) is 35.9 Å². The second kappa shape index (κ2) is 11.9. The first-order chi connectivity index (χ1) is 20.3. The summed E-state index contributed by atoms with van der Waals surface area (Å²) in [6, 6.07) is 20.2. The van der Waals surface area contributed by atoms with Crippen LogP contribution in [0.2, 0.25) is 5.02 Å². The Balaban J connectivity index is 1.23. The van der Waals surface area contributed by atoms with E-state index in [0.717, 1.165) is 10.8 Å². The molecular weight excluding hydrogens is 592 g/mol. The minimum absolute atomic E-state index is 0.0997. The molecule has 1 aromatic heterocycles. The highest BCUT2D eigenvalue weighted by molar-refractivity contribution is 7.89. The number of sulfonamides is 1. The van der Waals surface area contributed by atoms with Crippen LogP contribution in [-0.4, -0.2) is 66.4 Å². The highest BCUT2D eigenvalue weighted by Crippen LogP contribution is 2.27. The summed E-state index contributed by atoms with van der Waals surface area (Å²) in [4.78, 5) is 31.2. The summed E-state index contributed by atoms with van der Waals surface area (Å²) in [7, 11) is -3.74. The Morgan fingerprint density at radius 2 is 1.53 bits per heavy atom. The number of fused-ring (bicyclic) bond motifs is 1. The number of hydrogen-bond donors (Lipinski definition) is 0. The number of pyridine rings is 1. The number of nitrogens with zero attached hydrogens (tertiary/aromatic N) is 4. The van der Waals surface area contributed by atoms with Gasteiger partial charge in [0.1, 0.15) is 11.4 Å². The normalized spacial score (nSPS) is 14.5. The van der Waals surface area contributed by atoms with Crippen LogP contribution in [0.3, 0.4) is 0 Å². The van der Waals surface area contributed by atoms with Crippen molar-refractivity contribution in [2.75, 3.05) is 31.2 Å². The van der Waals surface area contributed by atoms with Crippen molar-refractivity contribution in [3.05, 3.63) is 94.8 Å². The molecule has 0 unspecified atom stereocenters. The highest BCUT2D eigenvalue weighted by atomic mass is 35.5. The Labute approximate surface area is 255 Å². The lowest BCUT2D eigenvalue weighted by Crippen LogP contribution is -2.50. The molecule has 224 valence electrons. The molecule has 2 heterocycles. The topological polar surface area (TPSA) is 123 Å². The summed E-state index contributed by atoms with van der Waals surface area (Å²) in [5.41, 5.74) is 0.963. The molecule has 1 aliphatic rings. The number of carbonyl (C=O) groups excluding carboxylic acids is 2. The monoisotopic (exact) mass is 621 g/mol. The molecule has 3 aromatic carbocycles. The molecule has 1 saturated heterocycles. The van der Waals surface area contributed by atoms with Crippen LogP contribution in [0.1, 0.15) is 31.1 Å². The third kappa shape index (κ3) is 6.80. The first-order valence-electron chi connectivity index (χ1n) is 13.6. The van der Waals surface area contributed by atoms with E-state index in [4.69, 9.17) is 16.3 Å². The molecule has 43 heavy (non-hydrogen) atoms. The Bertz CT molecular complexity index is 1780. The molecule has 0 radical (unpaired) electrons. The lowest BCUT2D eigenvalue weighted by atomic mass is 10.0. The number of anilines is 1. The Morgan fingerprint density at radius 3 is 2.21 bits per heavy atom. The first-order valence-corrected chi connectivity index (χ1v) is 15.4. The van der Waals surface area contributed by atoms with Crippen LogP contribution >= 0.6 is 11.6 Å². The van der Waals surface area contributed by atoms with Gasteiger partial charge in [-0.05, 0) is 91.2 Å². The zero-order valence-electron chi connectivity index (χ0n) is 23.9. The number of halogens is 1. The average molecular weight is 622 g/mol. The minimum atomic E-state index is -3.74. The number of piperazine rings is 1. The lowest BCUT2D eigenvalue weighted by molar-refractivity contribution is 0.0595. The van der Waals surface area contributed by atoms with E-state index in [1.54, 1.807) is 92.4 Å². The van der Waals surface area contributed by atoms with Crippen molar-refractivity contribution in [2.24, 2.45) is 0 Å². The summed E-state index contributed by atoms with van der Waals surface area (Å²) in [5.74, 6) is -0.329. The summed E-state index contributed by atoms with van der Waals surface area (Å²) in [5, 5.41) is 14.7. The lowest BCUT2D eigenvalue weighted by Gasteiger charge is -2.34. The van der Waals surface area contributed by atoms with E-state index in [1.165, 1.54) is 16.6 Å². The molecule has 10 nitrogen and oxygen atoms in total. The van der Waals surface area contributed by atoms with Gasteiger partial charge in [0.05, 0.1) is 4.90 Å². The minimum Gasteiger partial charge on any atom is -0.748 e. The molecule has 12 heteroatoms. The Hall–Kier alpha value is -4.03. The SMILES string of the molecule is CC(C)(C)OC(=O)N([O-])c1cc(-c2ccc(C(=O)N3CCN(S(=O)(=O)c4ccc5cc(Cl)ccc5c4)CC3)cc2)ccn1. The third-order valence-corrected chi connectivity index (χ3v) is 9.05. The molecule has 4 aromatic rings. The fraction of sp³-hybridized carbons (Fsp3) is 0.258. The number of hydrogen-bond acceptors (Lipinski definition) is 7. The Morgan fingerprint density at radius 1 is 0.884 bits per heavy atom. The quantitative estimate of drug-likeness (QED) is 0.253. The van der Waals surface area contributed by atoms with E-state index in [2.05, 4.69) is 4.98 Å². The van der Waals surface area contributed by atoms with E-state index in [0.29, 0.717) is 21.7 Å². The van der Waals surface area contributed by atoms with Crippen LogP contribution in [0, 0.1) is 5.21 Å².